The Morgan fingerprint density at radius 3 is 1.11 bits per heavy atom. The number of allylic oxidation sites excluding steroid dienone is 1. The molecule has 0 spiro atoms. The molecule has 2 atom stereocenters. The first-order valence-corrected chi connectivity index (χ1v) is 43.9. The number of rotatable bonds is 23. The lowest BCUT2D eigenvalue weighted by molar-refractivity contribution is -0.257. The number of aliphatic hydroxyl groups excluding tert-OH is 1. The highest BCUT2D eigenvalue weighted by molar-refractivity contribution is 5.86. The van der Waals surface area contributed by atoms with Gasteiger partial charge in [0, 0.05) is 136 Å². The van der Waals surface area contributed by atoms with E-state index in [1.807, 2.05) is 57.1 Å². The Bertz CT molecular complexity index is 2940. The molecule has 654 valence electrons. The van der Waals surface area contributed by atoms with Crippen molar-refractivity contribution in [1.82, 2.24) is 70.4 Å². The van der Waals surface area contributed by atoms with E-state index in [1.54, 1.807) is 0 Å². The molecule has 0 radical (unpaired) electrons. The second-order valence-electron chi connectivity index (χ2n) is 47.4. The lowest BCUT2D eigenvalue weighted by atomic mass is 9.78. The van der Waals surface area contributed by atoms with Gasteiger partial charge in [-0.3, -0.25) is 48.7 Å². The Labute approximate surface area is 688 Å². The second kappa shape index (κ2) is 35.4. The maximum atomic E-state index is 13.8. The van der Waals surface area contributed by atoms with Crippen molar-refractivity contribution in [1.29, 1.82) is 0 Å². The zero-order chi connectivity index (χ0) is 85.6. The highest BCUT2D eigenvalue weighted by Gasteiger charge is 2.65. The number of aliphatic hydroxyl groups is 1. The minimum atomic E-state index is -0.318. The Hall–Kier alpha value is -3.91. The number of hydroxylamine groups is 2. The molecule has 10 saturated heterocycles. The third-order valence-corrected chi connectivity index (χ3v) is 25.6. The summed E-state index contributed by atoms with van der Waals surface area (Å²) in [6.45, 7) is 80.2. The Balaban J connectivity index is 0.000000219. The summed E-state index contributed by atoms with van der Waals surface area (Å²) in [5, 5.41) is 35.6. The first-order valence-electron chi connectivity index (χ1n) is 43.9. The van der Waals surface area contributed by atoms with Crippen LogP contribution >= 0.6 is 0 Å². The average Bonchev–Trinajstić information content (AvgIpc) is 1.54. The van der Waals surface area contributed by atoms with E-state index in [4.69, 9.17) is 9.47 Å². The van der Waals surface area contributed by atoms with Crippen LogP contribution in [0.2, 0.25) is 0 Å². The summed E-state index contributed by atoms with van der Waals surface area (Å²) in [4.78, 5) is 83.1. The monoisotopic (exact) mass is 1590 g/mol. The molecule has 0 aromatic heterocycles. The summed E-state index contributed by atoms with van der Waals surface area (Å²) < 4.78 is 12.1. The Morgan fingerprint density at radius 1 is 0.487 bits per heavy atom. The van der Waals surface area contributed by atoms with Gasteiger partial charge in [-0.1, -0.05) is 62.0 Å². The number of nitrogens with zero attached hydrogens (tertiary/aromatic N) is 10. The predicted molar refractivity (Wildman–Crippen MR) is 457 cm³/mol. The highest BCUT2D eigenvalue weighted by atomic mass is 16.5. The van der Waals surface area contributed by atoms with Crippen molar-refractivity contribution < 1.29 is 43.8 Å². The van der Waals surface area contributed by atoms with Crippen molar-refractivity contribution in [2.45, 2.75) is 459 Å². The summed E-state index contributed by atoms with van der Waals surface area (Å²) in [5.74, 6) is 1.74. The van der Waals surface area contributed by atoms with Crippen LogP contribution in [-0.4, -0.2) is 258 Å². The van der Waals surface area contributed by atoms with E-state index in [0.717, 1.165) is 141 Å². The third kappa shape index (κ3) is 27.0. The SMILES string of the molecule is C=C(CC(C)CC(C)(C)C)OCCN1C(C)(C)CC(OC(=O)CC(C)CC(C)(C)C)CC1(C)C.CC1(C)CC(N(C=O)CCCCCN(C=O)C2CC(C)(C)NC(C)(C)C2)CC(C)(C)N1.CC1(C)CC(N2CN3C(=O)N4CN(C5CC(C)(C)NC(C)(C)C5)CN5C(=O)N(C2)C3C45)CC(C)(C)N1.CC1(C)CC(O)CC(C)(C)N1O. The Morgan fingerprint density at radius 2 is 0.796 bits per heavy atom. The number of hydrogen-bond donors (Lipinski definition) is 6. The molecule has 113 heavy (non-hydrogen) atoms. The number of nitrogens with one attached hydrogen (secondary N) is 4. The van der Waals surface area contributed by atoms with Gasteiger partial charge >= 0.3 is 18.0 Å². The van der Waals surface area contributed by atoms with Crippen LogP contribution in [0.5, 0.6) is 0 Å². The third-order valence-electron chi connectivity index (χ3n) is 25.6. The lowest BCUT2D eigenvalue weighted by Crippen LogP contribution is -2.68. The summed E-state index contributed by atoms with van der Waals surface area (Å²) >= 11 is 0. The van der Waals surface area contributed by atoms with Crippen molar-refractivity contribution in [2.75, 3.05) is 52.9 Å². The normalized spacial score (nSPS) is 27.0. The predicted octanol–water partition coefficient (Wildman–Crippen LogP) is 15.3. The van der Waals surface area contributed by atoms with Gasteiger partial charge in [0.15, 0.2) is 12.3 Å². The summed E-state index contributed by atoms with van der Waals surface area (Å²) in [7, 11) is 0. The smallest absolute Gasteiger partial charge is 0.325 e. The number of likely N-dealkylation sites (tertiary alicyclic amines) is 1. The highest BCUT2D eigenvalue weighted by Crippen LogP contribution is 2.46. The zero-order valence-electron chi connectivity index (χ0n) is 78.0. The molecular weight excluding hydrogens is 1420 g/mol. The molecule has 0 aromatic rings. The standard InChI is InChI=1S/C30H57NO3.C26H46N8O2.C25H48N4O2.C9H19NO2/c1-22(18-27(4,5)6)16-24(3)33-15-14-31-29(10,11)20-25(21-30(31,12)13)34-26(32)17-23(2)19-28(7,8)9;1-23(2)9-17(10-24(3,4)27-23)29-13-31-19-20-33(21(31)35)15-30(16-34(20)22(36)32(19)14-29)18-11-25(5,6)28-26(7,8)12-18;1-22(2)14-20(15-23(3,4)26-22)28(18-30)12-10-9-11-13-29(19-31)21-16-24(5,6)27-25(7,8)17-21;1-8(2)5-7(11)6-9(3,4)10(8)12/h22-23,25H,3,14-21H2,1-2,4-13H3;17-20,27-28H,9-16H2,1-8H3;18-21,26-27H,9-17H2,1-8H3;7,11-12H,5-6H2,1-4H3. The van der Waals surface area contributed by atoms with Gasteiger partial charge in [0.2, 0.25) is 12.8 Å². The fraction of sp³-hybridized carbons (Fsp3) is 0.922. The number of urea groups is 2. The molecule has 10 heterocycles. The van der Waals surface area contributed by atoms with Crippen molar-refractivity contribution in [3.63, 3.8) is 0 Å². The average molecular weight is 1590 g/mol. The maximum Gasteiger partial charge on any atom is 0.325 e. The molecule has 2 unspecified atom stereocenters. The van der Waals surface area contributed by atoms with Gasteiger partial charge in [-0.05, 0) is 285 Å². The van der Waals surface area contributed by atoms with E-state index in [1.165, 1.54) is 5.06 Å². The van der Waals surface area contributed by atoms with E-state index >= 15 is 0 Å². The second-order valence-corrected chi connectivity index (χ2v) is 47.4. The Kier molecular flexibility index (Phi) is 30.2. The molecule has 0 bridgehead atoms. The zero-order valence-corrected chi connectivity index (χ0v) is 78.0. The molecule has 0 saturated carbocycles. The molecule has 10 aliphatic heterocycles. The number of ether oxygens (including phenoxy) is 2. The molecule has 10 aliphatic rings. The fourth-order valence-corrected chi connectivity index (χ4v) is 23.8. The molecule has 6 N–H and O–H groups in total. The first kappa shape index (κ1) is 96.2. The molecule has 23 nitrogen and oxygen atoms in total. The number of hydrogen-bond acceptors (Lipinski definition) is 17. The molecular formula is C90H170N14O9. The molecule has 0 aliphatic carbocycles. The van der Waals surface area contributed by atoms with E-state index in [0.29, 0.717) is 81.9 Å². The van der Waals surface area contributed by atoms with Gasteiger partial charge in [0.25, 0.3) is 0 Å². The number of esters is 1. The quantitative estimate of drug-likeness (QED) is 0.0242. The van der Waals surface area contributed by atoms with E-state index in [2.05, 4.69) is 236 Å². The van der Waals surface area contributed by atoms with Gasteiger partial charge < -0.3 is 50.9 Å². The minimum Gasteiger partial charge on any atom is -0.497 e. The number of unbranched alkanes of at least 4 members (excludes halogenated alkanes) is 2. The van der Waals surface area contributed by atoms with Crippen molar-refractivity contribution in [3.8, 4) is 0 Å². The summed E-state index contributed by atoms with van der Waals surface area (Å²) in [6.07, 6.45) is 18.9. The summed E-state index contributed by atoms with van der Waals surface area (Å²) in [6, 6.07) is 1.35. The number of amides is 6. The van der Waals surface area contributed by atoms with Crippen LogP contribution in [0, 0.1) is 22.7 Å². The minimum absolute atomic E-state index is 0.0102. The van der Waals surface area contributed by atoms with Gasteiger partial charge in [0.05, 0.1) is 38.5 Å². The number of carbonyl (C=O) groups is 5. The van der Waals surface area contributed by atoms with Crippen LogP contribution in [0.4, 0.5) is 9.59 Å². The molecule has 10 rings (SSSR count). The van der Waals surface area contributed by atoms with Gasteiger partial charge in [-0.15, -0.1) is 0 Å². The molecule has 10 fully saturated rings. The summed E-state index contributed by atoms with van der Waals surface area (Å²) in [5.41, 5.74) is -0.0470. The van der Waals surface area contributed by atoms with E-state index in [-0.39, 0.29) is 127 Å². The molecule has 6 amide bonds. The lowest BCUT2D eigenvalue weighted by Gasteiger charge is -2.54. The van der Waals surface area contributed by atoms with Crippen LogP contribution in [0.15, 0.2) is 12.3 Å². The van der Waals surface area contributed by atoms with Crippen LogP contribution in [0.3, 0.4) is 0 Å². The van der Waals surface area contributed by atoms with Crippen LogP contribution in [0.1, 0.15) is 344 Å². The van der Waals surface area contributed by atoms with Crippen molar-refractivity contribution >= 4 is 30.9 Å². The van der Waals surface area contributed by atoms with E-state index in [9.17, 15) is 34.3 Å². The molecule has 0 aromatic carbocycles. The van der Waals surface area contributed by atoms with Crippen LogP contribution < -0.4 is 21.3 Å². The van der Waals surface area contributed by atoms with Crippen LogP contribution in [-0.2, 0) is 23.9 Å². The fourth-order valence-electron chi connectivity index (χ4n) is 23.8. The molecule has 23 heteroatoms. The number of piperidine rings is 6. The topological polar surface area (TPSA) is 225 Å². The van der Waals surface area contributed by atoms with Gasteiger partial charge in [0.1, 0.15) is 12.7 Å². The van der Waals surface area contributed by atoms with Crippen LogP contribution in [0.25, 0.3) is 0 Å². The largest absolute Gasteiger partial charge is 0.497 e. The first-order chi connectivity index (χ1) is 51.2. The van der Waals surface area contributed by atoms with Gasteiger partial charge in [-0.25, -0.2) is 9.59 Å². The van der Waals surface area contributed by atoms with Crippen molar-refractivity contribution in [2.24, 2.45) is 22.7 Å². The van der Waals surface area contributed by atoms with Crippen molar-refractivity contribution in [3.05, 3.63) is 12.3 Å². The van der Waals surface area contributed by atoms with Gasteiger partial charge in [-0.2, -0.15) is 5.06 Å². The maximum absolute atomic E-state index is 13.8. The van der Waals surface area contributed by atoms with E-state index < -0.39 is 0 Å². The number of carbonyl (C=O) groups excluding carboxylic acids is 5.